The monoisotopic (exact) mass is 408 g/mol. The molecule has 0 spiro atoms. The number of hydrogen-bond donors (Lipinski definition) is 1. The van der Waals surface area contributed by atoms with Crippen LogP contribution in [-0.2, 0) is 0 Å². The molecule has 3 aromatic carbocycles. The van der Waals surface area contributed by atoms with Crippen LogP contribution in [-0.4, -0.2) is 28.0 Å². The molecule has 0 saturated carbocycles. The van der Waals surface area contributed by atoms with Gasteiger partial charge < -0.3 is 5.11 Å². The molecule has 5 heteroatoms. The van der Waals surface area contributed by atoms with E-state index in [1.54, 1.807) is 12.1 Å². The lowest BCUT2D eigenvalue weighted by Crippen LogP contribution is -2.49. The highest BCUT2D eigenvalue weighted by molar-refractivity contribution is 5.37. The third kappa shape index (κ3) is 4.15. The van der Waals surface area contributed by atoms with E-state index in [2.05, 4.69) is 21.9 Å². The normalized spacial score (nSPS) is 19.1. The highest BCUT2D eigenvalue weighted by Gasteiger charge is 2.40. The number of para-hydroxylation sites is 1. The fraction of sp³-hybridized carbons (Fsp3) is 0.231. The van der Waals surface area contributed by atoms with Gasteiger partial charge in [0.05, 0.1) is 18.3 Å². The summed E-state index contributed by atoms with van der Waals surface area (Å²) in [6.07, 6.45) is 0.407. The van der Waals surface area contributed by atoms with Crippen LogP contribution in [0.15, 0.2) is 84.9 Å². The summed E-state index contributed by atoms with van der Waals surface area (Å²) in [5.74, 6) is 0.166. The Kier molecular flexibility index (Phi) is 6.29. The molecular weight excluding hydrogens is 384 g/mol. The van der Waals surface area contributed by atoms with E-state index < -0.39 is 18.2 Å². The van der Waals surface area contributed by atoms with Crippen LogP contribution in [0.3, 0.4) is 0 Å². The number of phenolic OH excluding ortho intramolecular Hbond substituents is 1. The number of rotatable bonds is 5. The summed E-state index contributed by atoms with van der Waals surface area (Å²) in [4.78, 5) is 4.20. The van der Waals surface area contributed by atoms with Gasteiger partial charge in [0, 0.05) is 18.7 Å². The standard InChI is InChI=1S/C26H24N4O/c27-18-23(20-10-3-1-4-11-20)29-16-9-17-30(24(19-28)21-12-5-2-6-13-21)26(29)22-14-7-8-15-25(22)31/h1-8,10-15,23-24,26,31H,9,16-17H2/t23-,24+,26?. The predicted molar refractivity (Wildman–Crippen MR) is 118 cm³/mol. The lowest BCUT2D eigenvalue weighted by molar-refractivity contribution is -0.0297. The Labute approximate surface area is 183 Å². The van der Waals surface area contributed by atoms with Crippen LogP contribution < -0.4 is 0 Å². The minimum absolute atomic E-state index is 0.166. The van der Waals surface area contributed by atoms with E-state index in [4.69, 9.17) is 0 Å². The van der Waals surface area contributed by atoms with Gasteiger partial charge in [-0.05, 0) is 23.6 Å². The molecular formula is C26H24N4O. The van der Waals surface area contributed by atoms with Crippen molar-refractivity contribution in [3.63, 3.8) is 0 Å². The molecule has 1 N–H and O–H groups in total. The lowest BCUT2D eigenvalue weighted by Gasteiger charge is -2.47. The van der Waals surface area contributed by atoms with Crippen LogP contribution in [0.4, 0.5) is 0 Å². The minimum Gasteiger partial charge on any atom is -0.508 e. The van der Waals surface area contributed by atoms with Gasteiger partial charge in [-0.15, -0.1) is 0 Å². The van der Waals surface area contributed by atoms with Gasteiger partial charge in [0.1, 0.15) is 17.8 Å². The highest BCUT2D eigenvalue weighted by atomic mass is 16.3. The van der Waals surface area contributed by atoms with Gasteiger partial charge in [0.2, 0.25) is 0 Å². The van der Waals surface area contributed by atoms with Crippen molar-refractivity contribution in [3.05, 3.63) is 102 Å². The zero-order valence-electron chi connectivity index (χ0n) is 17.2. The summed E-state index contributed by atoms with van der Waals surface area (Å²) in [5, 5.41) is 31.0. The Balaban J connectivity index is 1.82. The third-order valence-electron chi connectivity index (χ3n) is 5.81. The Hall–Kier alpha value is -3.64. The van der Waals surface area contributed by atoms with Crippen molar-refractivity contribution in [2.75, 3.05) is 13.1 Å². The maximum absolute atomic E-state index is 10.7. The third-order valence-corrected chi connectivity index (χ3v) is 5.81. The first-order chi connectivity index (χ1) is 15.2. The second kappa shape index (κ2) is 9.45. The highest BCUT2D eigenvalue weighted by Crippen LogP contribution is 2.42. The number of aromatic hydroxyl groups is 1. The number of nitrogens with zero attached hydrogens (tertiary/aromatic N) is 4. The summed E-state index contributed by atoms with van der Waals surface area (Å²) in [5.41, 5.74) is 2.51. The van der Waals surface area contributed by atoms with Crippen molar-refractivity contribution in [1.82, 2.24) is 9.80 Å². The first-order valence-electron chi connectivity index (χ1n) is 10.4. The minimum atomic E-state index is -0.497. The fourth-order valence-corrected chi connectivity index (χ4v) is 4.43. The summed E-state index contributed by atoms with van der Waals surface area (Å²) in [7, 11) is 0. The van der Waals surface area contributed by atoms with Gasteiger partial charge >= 0.3 is 0 Å². The molecule has 1 saturated heterocycles. The van der Waals surface area contributed by atoms with Crippen molar-refractivity contribution in [2.45, 2.75) is 24.7 Å². The number of nitriles is 2. The Morgan fingerprint density at radius 1 is 0.710 bits per heavy atom. The summed E-state index contributed by atoms with van der Waals surface area (Å²) < 4.78 is 0. The molecule has 0 aromatic heterocycles. The van der Waals surface area contributed by atoms with Crippen molar-refractivity contribution < 1.29 is 5.11 Å². The van der Waals surface area contributed by atoms with E-state index in [0.29, 0.717) is 18.7 Å². The second-order valence-electron chi connectivity index (χ2n) is 7.65. The zero-order valence-corrected chi connectivity index (χ0v) is 17.2. The molecule has 1 aliphatic rings. The molecule has 1 heterocycles. The number of benzene rings is 3. The van der Waals surface area contributed by atoms with Crippen molar-refractivity contribution >= 4 is 0 Å². The molecule has 154 valence electrons. The van der Waals surface area contributed by atoms with Crippen LogP contribution >= 0.6 is 0 Å². The second-order valence-corrected chi connectivity index (χ2v) is 7.65. The van der Waals surface area contributed by atoms with Crippen LogP contribution in [0.25, 0.3) is 0 Å². The van der Waals surface area contributed by atoms with Crippen LogP contribution in [0.2, 0.25) is 0 Å². The molecule has 0 bridgehead atoms. The first kappa shape index (κ1) is 20.6. The molecule has 31 heavy (non-hydrogen) atoms. The Morgan fingerprint density at radius 2 is 1.16 bits per heavy atom. The van der Waals surface area contributed by atoms with Crippen LogP contribution in [0.5, 0.6) is 5.75 Å². The molecule has 0 aliphatic carbocycles. The summed E-state index contributed by atoms with van der Waals surface area (Å²) >= 11 is 0. The van der Waals surface area contributed by atoms with E-state index in [1.165, 1.54) is 0 Å². The lowest BCUT2D eigenvalue weighted by atomic mass is 9.96. The van der Waals surface area contributed by atoms with Crippen molar-refractivity contribution in [1.29, 1.82) is 10.5 Å². The van der Waals surface area contributed by atoms with E-state index in [0.717, 1.165) is 17.5 Å². The quantitative estimate of drug-likeness (QED) is 0.648. The molecule has 1 unspecified atom stereocenters. The molecule has 1 fully saturated rings. The molecule has 1 aliphatic heterocycles. The molecule has 0 amide bonds. The topological polar surface area (TPSA) is 74.3 Å². The van der Waals surface area contributed by atoms with Crippen molar-refractivity contribution in [3.8, 4) is 17.9 Å². The van der Waals surface area contributed by atoms with Gasteiger partial charge in [-0.1, -0.05) is 78.9 Å². The molecule has 3 atom stereocenters. The van der Waals surface area contributed by atoms with Gasteiger partial charge in [-0.2, -0.15) is 10.5 Å². The van der Waals surface area contributed by atoms with Crippen molar-refractivity contribution in [2.24, 2.45) is 0 Å². The average molecular weight is 409 g/mol. The maximum atomic E-state index is 10.7. The summed E-state index contributed by atoms with van der Waals surface area (Å²) in [6, 6.07) is 30.5. The zero-order chi connectivity index (χ0) is 21.6. The first-order valence-corrected chi connectivity index (χ1v) is 10.4. The Bertz CT molecular complexity index is 1020. The number of phenols is 1. The van der Waals surface area contributed by atoms with Gasteiger partial charge in [0.25, 0.3) is 0 Å². The van der Waals surface area contributed by atoms with Gasteiger partial charge in [-0.25, -0.2) is 0 Å². The van der Waals surface area contributed by atoms with Gasteiger partial charge in [0.15, 0.2) is 0 Å². The maximum Gasteiger partial charge on any atom is 0.125 e. The molecule has 3 aromatic rings. The molecule has 5 nitrogen and oxygen atoms in total. The SMILES string of the molecule is N#C[C@H](c1ccccc1)N1CCCN([C@@H](C#N)c2ccccc2)C1c1ccccc1O. The Morgan fingerprint density at radius 3 is 1.61 bits per heavy atom. The average Bonchev–Trinajstić information content (AvgIpc) is 2.82. The fourth-order valence-electron chi connectivity index (χ4n) is 4.43. The largest absolute Gasteiger partial charge is 0.508 e. The smallest absolute Gasteiger partial charge is 0.125 e. The van der Waals surface area contributed by atoms with Crippen LogP contribution in [0, 0.1) is 22.7 Å². The van der Waals surface area contributed by atoms with E-state index in [9.17, 15) is 15.6 Å². The van der Waals surface area contributed by atoms with E-state index in [1.807, 2.05) is 72.8 Å². The van der Waals surface area contributed by atoms with E-state index in [-0.39, 0.29) is 5.75 Å². The number of hydrogen-bond acceptors (Lipinski definition) is 5. The van der Waals surface area contributed by atoms with Crippen LogP contribution in [0.1, 0.15) is 41.4 Å². The van der Waals surface area contributed by atoms with Gasteiger partial charge in [-0.3, -0.25) is 9.80 Å². The molecule has 0 radical (unpaired) electrons. The predicted octanol–water partition coefficient (Wildman–Crippen LogP) is 4.93. The molecule has 4 rings (SSSR count). The summed E-state index contributed by atoms with van der Waals surface area (Å²) in [6.45, 7) is 1.38. The van der Waals surface area contributed by atoms with E-state index >= 15 is 0 Å².